The average molecular weight is 304 g/mol. The topological polar surface area (TPSA) is 72.6 Å². The normalized spacial score (nSPS) is 21.2. The van der Waals surface area contributed by atoms with Gasteiger partial charge >= 0.3 is 0 Å². The van der Waals surface area contributed by atoms with E-state index in [-0.39, 0.29) is 12.5 Å². The van der Waals surface area contributed by atoms with Gasteiger partial charge in [0, 0.05) is 13.1 Å². The minimum absolute atomic E-state index is 0.0705. The molecule has 5 heteroatoms. The monoisotopic (exact) mass is 304 g/mol. The summed E-state index contributed by atoms with van der Waals surface area (Å²) < 4.78 is 5.50. The number of para-hydroxylation sites is 1. The second-order valence-corrected chi connectivity index (χ2v) is 6.07. The van der Waals surface area contributed by atoms with Crippen LogP contribution in [0.3, 0.4) is 0 Å². The molecule has 5 nitrogen and oxygen atoms in total. The summed E-state index contributed by atoms with van der Waals surface area (Å²) in [6.07, 6.45) is 4.41. The van der Waals surface area contributed by atoms with E-state index in [0.29, 0.717) is 17.4 Å². The van der Waals surface area contributed by atoms with E-state index in [1.165, 1.54) is 0 Å². The average Bonchev–Trinajstić information content (AvgIpc) is 2.52. The maximum Gasteiger partial charge on any atom is 0.260 e. The first-order valence-corrected chi connectivity index (χ1v) is 7.76. The quantitative estimate of drug-likeness (QED) is 0.906. The van der Waals surface area contributed by atoms with Gasteiger partial charge in [-0.1, -0.05) is 19.1 Å². The highest BCUT2D eigenvalue weighted by atomic mass is 16.5. The molecule has 0 bridgehead atoms. The first kappa shape index (κ1) is 16.3. The Labute approximate surface area is 131 Å². The molecule has 1 fully saturated rings. The molecule has 0 aromatic heterocycles. The molecule has 0 atom stereocenters. The Balaban J connectivity index is 1.91. The van der Waals surface area contributed by atoms with Gasteiger partial charge in [0.05, 0.1) is 5.56 Å². The molecule has 0 spiro atoms. The zero-order valence-corrected chi connectivity index (χ0v) is 13.2. The molecular formula is C17H24N2O3. The lowest BCUT2D eigenvalue weighted by Gasteiger charge is -2.33. The van der Waals surface area contributed by atoms with Crippen molar-refractivity contribution in [1.29, 1.82) is 0 Å². The van der Waals surface area contributed by atoms with Crippen LogP contribution in [0.15, 0.2) is 24.3 Å². The molecule has 0 saturated heterocycles. The molecule has 1 aromatic rings. The van der Waals surface area contributed by atoms with E-state index < -0.39 is 5.91 Å². The summed E-state index contributed by atoms with van der Waals surface area (Å²) in [6, 6.07) is 6.99. The van der Waals surface area contributed by atoms with E-state index >= 15 is 0 Å². The number of ether oxygens (including phenoxy) is 1. The molecule has 1 aromatic carbocycles. The number of nitrogens with zero attached hydrogens (tertiary/aromatic N) is 1. The Morgan fingerprint density at radius 2 is 1.86 bits per heavy atom. The van der Waals surface area contributed by atoms with Gasteiger partial charge in [-0.15, -0.1) is 0 Å². The maximum absolute atomic E-state index is 12.3. The van der Waals surface area contributed by atoms with Crippen LogP contribution in [0, 0.1) is 5.92 Å². The number of nitrogens with two attached hydrogens (primary N) is 1. The highest BCUT2D eigenvalue weighted by Gasteiger charge is 2.25. The Bertz CT molecular complexity index is 536. The van der Waals surface area contributed by atoms with Crippen LogP contribution in [0.1, 0.15) is 43.0 Å². The first-order valence-electron chi connectivity index (χ1n) is 7.76. The van der Waals surface area contributed by atoms with Gasteiger partial charge in [-0.25, -0.2) is 0 Å². The van der Waals surface area contributed by atoms with Gasteiger partial charge in [0.2, 0.25) is 0 Å². The highest BCUT2D eigenvalue weighted by Crippen LogP contribution is 2.26. The SMILES string of the molecule is CC1CCC(N(C)C(=O)COc2ccccc2C(N)=O)CC1. The zero-order chi connectivity index (χ0) is 16.1. The van der Waals surface area contributed by atoms with Crippen molar-refractivity contribution in [1.82, 2.24) is 4.90 Å². The summed E-state index contributed by atoms with van der Waals surface area (Å²) >= 11 is 0. The third kappa shape index (κ3) is 4.00. The van der Waals surface area contributed by atoms with Gasteiger partial charge in [-0.2, -0.15) is 0 Å². The summed E-state index contributed by atoms with van der Waals surface area (Å²) in [7, 11) is 1.83. The number of likely N-dealkylation sites (N-methyl/N-ethyl adjacent to an activating group) is 1. The molecule has 0 heterocycles. The molecular weight excluding hydrogens is 280 g/mol. The number of primary amides is 1. The van der Waals surface area contributed by atoms with Gasteiger partial charge in [0.1, 0.15) is 5.75 Å². The summed E-state index contributed by atoms with van der Waals surface area (Å²) in [6.45, 7) is 2.18. The number of benzene rings is 1. The molecule has 120 valence electrons. The van der Waals surface area contributed by atoms with Crippen LogP contribution in [-0.4, -0.2) is 36.4 Å². The Hall–Kier alpha value is -2.04. The van der Waals surface area contributed by atoms with E-state index in [0.717, 1.165) is 31.6 Å². The van der Waals surface area contributed by atoms with Gasteiger partial charge < -0.3 is 15.4 Å². The molecule has 2 amide bonds. The predicted molar refractivity (Wildman–Crippen MR) is 84.6 cm³/mol. The van der Waals surface area contributed by atoms with Crippen LogP contribution in [0.4, 0.5) is 0 Å². The van der Waals surface area contributed by atoms with Crippen LogP contribution in [-0.2, 0) is 4.79 Å². The minimum Gasteiger partial charge on any atom is -0.483 e. The second-order valence-electron chi connectivity index (χ2n) is 6.07. The zero-order valence-electron chi connectivity index (χ0n) is 13.2. The fourth-order valence-electron chi connectivity index (χ4n) is 2.87. The van der Waals surface area contributed by atoms with E-state index in [1.807, 2.05) is 7.05 Å². The number of rotatable bonds is 5. The molecule has 22 heavy (non-hydrogen) atoms. The van der Waals surface area contributed by atoms with E-state index in [9.17, 15) is 9.59 Å². The molecule has 2 N–H and O–H groups in total. The van der Waals surface area contributed by atoms with Crippen molar-refractivity contribution in [2.75, 3.05) is 13.7 Å². The summed E-state index contributed by atoms with van der Waals surface area (Å²) in [4.78, 5) is 25.4. The number of amides is 2. The van der Waals surface area contributed by atoms with Crippen LogP contribution >= 0.6 is 0 Å². The standard InChI is InChI=1S/C17H24N2O3/c1-12-7-9-13(10-8-12)19(2)16(20)11-22-15-6-4-3-5-14(15)17(18)21/h3-6,12-13H,7-11H2,1-2H3,(H2,18,21). The largest absolute Gasteiger partial charge is 0.483 e. The summed E-state index contributed by atoms with van der Waals surface area (Å²) in [5.74, 6) is 0.476. The third-order valence-corrected chi connectivity index (χ3v) is 4.43. The lowest BCUT2D eigenvalue weighted by Crippen LogP contribution is -2.41. The molecule has 1 aliphatic carbocycles. The minimum atomic E-state index is -0.558. The Kier molecular flexibility index (Phi) is 5.41. The van der Waals surface area contributed by atoms with Crippen molar-refractivity contribution >= 4 is 11.8 Å². The van der Waals surface area contributed by atoms with Crippen molar-refractivity contribution in [2.24, 2.45) is 11.7 Å². The Morgan fingerprint density at radius 3 is 2.50 bits per heavy atom. The van der Waals surface area contributed by atoms with E-state index in [1.54, 1.807) is 29.2 Å². The molecule has 2 rings (SSSR count). The summed E-state index contributed by atoms with van der Waals surface area (Å²) in [5, 5.41) is 0. The van der Waals surface area contributed by atoms with Crippen molar-refractivity contribution < 1.29 is 14.3 Å². The van der Waals surface area contributed by atoms with Crippen molar-refractivity contribution in [3.8, 4) is 5.75 Å². The van der Waals surface area contributed by atoms with Gasteiger partial charge in [0.25, 0.3) is 11.8 Å². The van der Waals surface area contributed by atoms with E-state index in [2.05, 4.69) is 6.92 Å². The molecule has 0 aliphatic heterocycles. The van der Waals surface area contributed by atoms with Crippen molar-refractivity contribution in [2.45, 2.75) is 38.6 Å². The number of hydrogen-bond donors (Lipinski definition) is 1. The lowest BCUT2D eigenvalue weighted by atomic mass is 9.87. The molecule has 0 unspecified atom stereocenters. The number of carbonyl (C=O) groups excluding carboxylic acids is 2. The second kappa shape index (κ2) is 7.29. The first-order chi connectivity index (χ1) is 10.5. The third-order valence-electron chi connectivity index (χ3n) is 4.43. The fourth-order valence-corrected chi connectivity index (χ4v) is 2.87. The van der Waals surface area contributed by atoms with Crippen LogP contribution < -0.4 is 10.5 Å². The maximum atomic E-state index is 12.3. The fraction of sp³-hybridized carbons (Fsp3) is 0.529. The molecule has 1 aliphatic rings. The smallest absolute Gasteiger partial charge is 0.260 e. The van der Waals surface area contributed by atoms with Crippen LogP contribution in [0.2, 0.25) is 0 Å². The van der Waals surface area contributed by atoms with Crippen LogP contribution in [0.5, 0.6) is 5.75 Å². The number of carbonyl (C=O) groups is 2. The van der Waals surface area contributed by atoms with Gasteiger partial charge in [-0.3, -0.25) is 9.59 Å². The number of hydrogen-bond acceptors (Lipinski definition) is 3. The van der Waals surface area contributed by atoms with Gasteiger partial charge in [0.15, 0.2) is 6.61 Å². The highest BCUT2D eigenvalue weighted by molar-refractivity contribution is 5.95. The van der Waals surface area contributed by atoms with Gasteiger partial charge in [-0.05, 0) is 43.7 Å². The molecule has 0 radical (unpaired) electrons. The predicted octanol–water partition coefficient (Wildman–Crippen LogP) is 2.20. The van der Waals surface area contributed by atoms with Crippen molar-refractivity contribution in [3.05, 3.63) is 29.8 Å². The van der Waals surface area contributed by atoms with Crippen molar-refractivity contribution in [3.63, 3.8) is 0 Å². The summed E-state index contributed by atoms with van der Waals surface area (Å²) in [5.41, 5.74) is 5.59. The Morgan fingerprint density at radius 1 is 1.23 bits per heavy atom. The van der Waals surface area contributed by atoms with E-state index in [4.69, 9.17) is 10.5 Å². The van der Waals surface area contributed by atoms with Crippen LogP contribution in [0.25, 0.3) is 0 Å². The lowest BCUT2D eigenvalue weighted by molar-refractivity contribution is -0.134. The molecule has 1 saturated carbocycles.